The van der Waals surface area contributed by atoms with Crippen LogP contribution >= 0.6 is 58.6 Å². The van der Waals surface area contributed by atoms with Crippen molar-refractivity contribution in [3.8, 4) is 5.75 Å². The van der Waals surface area contributed by atoms with Crippen LogP contribution in [0.1, 0.15) is 44.9 Å². The van der Waals surface area contributed by atoms with Crippen molar-refractivity contribution in [3.63, 3.8) is 0 Å². The van der Waals surface area contributed by atoms with Gasteiger partial charge < -0.3 is 9.64 Å². The van der Waals surface area contributed by atoms with Crippen LogP contribution in [0, 0.1) is 5.92 Å². The van der Waals surface area contributed by atoms with Crippen molar-refractivity contribution in [1.29, 1.82) is 0 Å². The molecule has 0 radical (unpaired) electrons. The number of nitrogens with one attached hydrogen (secondary N) is 1. The number of halogens is 4. The fraction of sp³-hybridized carbons (Fsp3) is 0.500. The molecule has 0 unspecified atom stereocenters. The monoisotopic (exact) mass is 610 g/mol. The minimum Gasteiger partial charge on any atom is -0.490 e. The first-order valence-electron chi connectivity index (χ1n) is 11.7. The average molecular weight is 612 g/mol. The molecule has 2 aliphatic carbocycles. The zero-order chi connectivity index (χ0) is 26.0. The van der Waals surface area contributed by atoms with E-state index in [0.717, 1.165) is 44.5 Å². The zero-order valence-electron chi connectivity index (χ0n) is 19.3. The van der Waals surface area contributed by atoms with Gasteiger partial charge in [0, 0.05) is 47.4 Å². The molecular weight excluding hydrogens is 586 g/mol. The molecule has 1 amide bonds. The summed E-state index contributed by atoms with van der Waals surface area (Å²) in [5, 5.41) is 1.38. The minimum absolute atomic E-state index is 0.0664. The number of carbonyl (C=O) groups excluding carboxylic acids is 1. The number of hydrogen-bond acceptors (Lipinski definition) is 6. The van der Waals surface area contributed by atoms with E-state index in [1.165, 1.54) is 6.08 Å². The standard InChI is InChI=1S/C24H26Cl4N2O4S2/c25-18-6-5-17(11-19(18)26)34-16-7-9-30(10-8-16)15-3-1-14(2-4-15)24(31)29-36(32,33)23-13-21(28)20(27)12-22(23)35/h5-6,11,13-16H,1-4,7-10,12H2,(H,29,31)/t14-,15-. The number of amides is 1. The summed E-state index contributed by atoms with van der Waals surface area (Å²) in [7, 11) is -4.11. The summed E-state index contributed by atoms with van der Waals surface area (Å²) in [5.74, 6) is -0.142. The first-order valence-corrected chi connectivity index (χ1v) is 15.2. The third kappa shape index (κ3) is 6.76. The van der Waals surface area contributed by atoms with Crippen molar-refractivity contribution >= 4 is 79.4 Å². The lowest BCUT2D eigenvalue weighted by Crippen LogP contribution is -2.47. The molecule has 3 aliphatic rings. The molecule has 0 atom stereocenters. The van der Waals surface area contributed by atoms with Crippen molar-refractivity contribution in [2.75, 3.05) is 13.1 Å². The number of benzene rings is 1. The molecule has 196 valence electrons. The molecule has 1 aliphatic heterocycles. The number of carbonyl (C=O) groups is 1. The van der Waals surface area contributed by atoms with E-state index in [1.54, 1.807) is 12.1 Å². The molecule has 1 aromatic rings. The first-order chi connectivity index (χ1) is 17.0. The Morgan fingerprint density at radius 3 is 2.31 bits per heavy atom. The highest BCUT2D eigenvalue weighted by Crippen LogP contribution is 2.33. The van der Waals surface area contributed by atoms with E-state index in [4.69, 9.17) is 63.4 Å². The summed E-state index contributed by atoms with van der Waals surface area (Å²) in [5.41, 5.74) is 0. The lowest BCUT2D eigenvalue weighted by Gasteiger charge is -2.40. The van der Waals surface area contributed by atoms with Gasteiger partial charge in [-0.3, -0.25) is 4.79 Å². The smallest absolute Gasteiger partial charge is 0.265 e. The molecule has 1 N–H and O–H groups in total. The molecule has 0 aromatic heterocycles. The fourth-order valence-electron chi connectivity index (χ4n) is 4.89. The van der Waals surface area contributed by atoms with E-state index in [2.05, 4.69) is 9.62 Å². The van der Waals surface area contributed by atoms with Crippen molar-refractivity contribution in [2.24, 2.45) is 5.92 Å². The molecule has 1 heterocycles. The third-order valence-electron chi connectivity index (χ3n) is 6.89. The van der Waals surface area contributed by atoms with E-state index in [0.29, 0.717) is 28.9 Å². The van der Waals surface area contributed by atoms with Crippen LogP contribution in [-0.2, 0) is 14.8 Å². The molecule has 36 heavy (non-hydrogen) atoms. The van der Waals surface area contributed by atoms with Crippen molar-refractivity contribution in [1.82, 2.24) is 9.62 Å². The molecule has 1 saturated heterocycles. The maximum absolute atomic E-state index is 12.8. The number of hydrogen-bond donors (Lipinski definition) is 1. The van der Waals surface area contributed by atoms with E-state index < -0.39 is 15.9 Å². The van der Waals surface area contributed by atoms with E-state index in [1.807, 2.05) is 6.07 Å². The molecule has 0 spiro atoms. The number of sulfonamides is 1. The van der Waals surface area contributed by atoms with E-state index >= 15 is 0 Å². The number of rotatable bonds is 6. The lowest BCUT2D eigenvalue weighted by molar-refractivity contribution is -0.124. The van der Waals surface area contributed by atoms with Gasteiger partial charge in [0.1, 0.15) is 16.8 Å². The Labute approximate surface area is 237 Å². The Kier molecular flexibility index (Phi) is 9.30. The van der Waals surface area contributed by atoms with E-state index in [9.17, 15) is 13.2 Å². The Balaban J connectivity index is 1.25. The van der Waals surface area contributed by atoms with Gasteiger partial charge in [-0.25, -0.2) is 13.1 Å². The fourth-order valence-corrected chi connectivity index (χ4v) is 7.40. The molecule has 0 bridgehead atoms. The van der Waals surface area contributed by atoms with Gasteiger partial charge in [-0.1, -0.05) is 58.6 Å². The van der Waals surface area contributed by atoms with Crippen molar-refractivity contribution in [2.45, 2.75) is 57.1 Å². The maximum Gasteiger partial charge on any atom is 0.265 e. The van der Waals surface area contributed by atoms with Gasteiger partial charge in [-0.05, 0) is 56.7 Å². The van der Waals surface area contributed by atoms with Gasteiger partial charge in [0.25, 0.3) is 10.0 Å². The minimum atomic E-state index is -4.11. The number of thiocarbonyl (C=S) groups is 1. The van der Waals surface area contributed by atoms with Crippen LogP contribution in [0.3, 0.4) is 0 Å². The Hall–Kier alpha value is -0.870. The predicted molar refractivity (Wildman–Crippen MR) is 149 cm³/mol. The van der Waals surface area contributed by atoms with Gasteiger partial charge in [-0.2, -0.15) is 0 Å². The summed E-state index contributed by atoms with van der Waals surface area (Å²) < 4.78 is 33.8. The summed E-state index contributed by atoms with van der Waals surface area (Å²) >= 11 is 29.1. The highest BCUT2D eigenvalue weighted by Gasteiger charge is 2.35. The van der Waals surface area contributed by atoms with Gasteiger partial charge in [0.15, 0.2) is 0 Å². The first kappa shape index (κ1) is 28.1. The molecular formula is C24H26Cl4N2O4S2. The largest absolute Gasteiger partial charge is 0.490 e. The summed E-state index contributed by atoms with van der Waals surface area (Å²) in [6, 6.07) is 5.67. The molecule has 4 rings (SSSR count). The SMILES string of the molecule is O=C(NS(=O)(=O)C1=CC(Cl)=C(Cl)CC1=S)[C@H]1CC[C@H](N2CCC(Oc3ccc(Cl)c(Cl)c3)CC2)CC1. The lowest BCUT2D eigenvalue weighted by atomic mass is 9.84. The van der Waals surface area contributed by atoms with Crippen LogP contribution < -0.4 is 9.46 Å². The average Bonchev–Trinajstić information content (AvgIpc) is 2.84. The molecule has 1 saturated carbocycles. The molecule has 6 nitrogen and oxygen atoms in total. The molecule has 2 fully saturated rings. The second kappa shape index (κ2) is 11.9. The number of likely N-dealkylation sites (tertiary alicyclic amines) is 1. The normalized spacial score (nSPS) is 24.4. The number of allylic oxidation sites excluding steroid dienone is 4. The second-order valence-electron chi connectivity index (χ2n) is 9.27. The Bertz CT molecular complexity index is 1200. The summed E-state index contributed by atoms with van der Waals surface area (Å²) in [4.78, 5) is 15.2. The van der Waals surface area contributed by atoms with E-state index in [-0.39, 0.29) is 38.3 Å². The Morgan fingerprint density at radius 1 is 1.00 bits per heavy atom. The van der Waals surface area contributed by atoms with Crippen LogP contribution in [-0.4, -0.2) is 49.3 Å². The van der Waals surface area contributed by atoms with Gasteiger partial charge in [-0.15, -0.1) is 0 Å². The Morgan fingerprint density at radius 2 is 1.67 bits per heavy atom. The number of piperidine rings is 1. The van der Waals surface area contributed by atoms with Gasteiger partial charge in [0.05, 0.1) is 15.1 Å². The van der Waals surface area contributed by atoms with Crippen LogP contribution in [0.5, 0.6) is 5.75 Å². The van der Waals surface area contributed by atoms with Gasteiger partial charge in [0.2, 0.25) is 5.91 Å². The topological polar surface area (TPSA) is 75.7 Å². The maximum atomic E-state index is 12.8. The predicted octanol–water partition coefficient (Wildman–Crippen LogP) is 6.19. The third-order valence-corrected chi connectivity index (χ3v) is 10.3. The summed E-state index contributed by atoms with van der Waals surface area (Å²) in [6.07, 6.45) is 6.11. The zero-order valence-corrected chi connectivity index (χ0v) is 24.0. The number of nitrogens with zero attached hydrogens (tertiary/aromatic N) is 1. The molecule has 12 heteroatoms. The second-order valence-corrected chi connectivity index (χ2v) is 13.1. The van der Waals surface area contributed by atoms with Gasteiger partial charge >= 0.3 is 0 Å². The van der Waals surface area contributed by atoms with Crippen LogP contribution in [0.4, 0.5) is 0 Å². The van der Waals surface area contributed by atoms with Crippen LogP contribution in [0.15, 0.2) is 39.2 Å². The number of ether oxygens (including phenoxy) is 1. The van der Waals surface area contributed by atoms with Crippen molar-refractivity contribution in [3.05, 3.63) is 49.3 Å². The quantitative estimate of drug-likeness (QED) is 0.387. The highest BCUT2D eigenvalue weighted by molar-refractivity contribution is 7.97. The van der Waals surface area contributed by atoms with Crippen LogP contribution in [0.25, 0.3) is 0 Å². The summed E-state index contributed by atoms with van der Waals surface area (Å²) in [6.45, 7) is 1.81. The van der Waals surface area contributed by atoms with Crippen molar-refractivity contribution < 1.29 is 17.9 Å². The highest BCUT2D eigenvalue weighted by atomic mass is 35.5. The molecule has 1 aromatic carbocycles. The van der Waals surface area contributed by atoms with Crippen LogP contribution in [0.2, 0.25) is 10.0 Å².